The fourth-order valence-corrected chi connectivity index (χ4v) is 4.68. The Labute approximate surface area is 211 Å². The number of hydrogen-bond donors (Lipinski definition) is 0. The van der Waals surface area contributed by atoms with E-state index >= 15 is 0 Å². The molecular formula is C28H28Sr. The monoisotopic (exact) mass is 452 g/mol. The Kier molecular flexibility index (Phi) is 7.92. The molecular weight excluding hydrogens is 424 g/mol. The summed E-state index contributed by atoms with van der Waals surface area (Å²) in [5.41, 5.74) is 5.13. The van der Waals surface area contributed by atoms with Crippen LogP contribution in [0.2, 0.25) is 0 Å². The van der Waals surface area contributed by atoms with Gasteiger partial charge in [0.15, 0.2) is 0 Å². The summed E-state index contributed by atoms with van der Waals surface area (Å²) in [5.74, 6) is 0.320. The molecule has 0 saturated carbocycles. The van der Waals surface area contributed by atoms with Gasteiger partial charge in [-0.2, -0.15) is 0 Å². The summed E-state index contributed by atoms with van der Waals surface area (Å²) in [7, 11) is 0. The molecule has 0 aliphatic heterocycles. The zero-order chi connectivity index (χ0) is 19.2. The van der Waals surface area contributed by atoms with Crippen LogP contribution in [0.4, 0.5) is 0 Å². The van der Waals surface area contributed by atoms with Gasteiger partial charge in [-0.05, 0) is 28.7 Å². The van der Waals surface area contributed by atoms with Crippen LogP contribution in [0.1, 0.15) is 41.5 Å². The SMILES string of the molecule is CCC(c1ccccc1)C(c1ccccc1)(c1ccccc1)c1ccccc1.[SrH2]. The van der Waals surface area contributed by atoms with Gasteiger partial charge in [0.05, 0.1) is 5.41 Å². The summed E-state index contributed by atoms with van der Waals surface area (Å²) in [4.78, 5) is 0. The molecule has 0 bridgehead atoms. The van der Waals surface area contributed by atoms with Gasteiger partial charge in [0.1, 0.15) is 0 Å². The van der Waals surface area contributed by atoms with E-state index in [4.69, 9.17) is 0 Å². The van der Waals surface area contributed by atoms with E-state index in [0.29, 0.717) is 5.92 Å². The Morgan fingerprint density at radius 3 is 1.14 bits per heavy atom. The van der Waals surface area contributed by atoms with Crippen molar-refractivity contribution in [2.45, 2.75) is 24.7 Å². The molecule has 142 valence electrons. The fourth-order valence-electron chi connectivity index (χ4n) is 4.68. The van der Waals surface area contributed by atoms with E-state index in [-0.39, 0.29) is 50.9 Å². The van der Waals surface area contributed by atoms with Crippen LogP contribution in [-0.2, 0) is 5.41 Å². The summed E-state index contributed by atoms with van der Waals surface area (Å²) >= 11 is 0. The molecule has 1 atom stereocenters. The maximum absolute atomic E-state index is 2.31. The third-order valence-corrected chi connectivity index (χ3v) is 5.82. The Morgan fingerprint density at radius 2 is 0.828 bits per heavy atom. The molecule has 4 aromatic carbocycles. The third-order valence-electron chi connectivity index (χ3n) is 5.82. The molecule has 4 aromatic rings. The maximum atomic E-state index is 2.31. The Bertz CT molecular complexity index is 883. The standard InChI is InChI=1S/C28H26.Sr.2H/c1-2-27(23-15-7-3-8-16-23)28(24-17-9-4-10-18-24,25-19-11-5-12-20-25)26-21-13-6-14-22-26;;;/h3-22,27H,2H2,1H3;;;. The molecule has 0 aliphatic rings. The van der Waals surface area contributed by atoms with Crippen LogP contribution in [0.3, 0.4) is 0 Å². The van der Waals surface area contributed by atoms with Crippen LogP contribution in [-0.4, -0.2) is 45.5 Å². The summed E-state index contributed by atoms with van der Waals surface area (Å²) in [6, 6.07) is 43.9. The van der Waals surface area contributed by atoms with Crippen molar-refractivity contribution in [3.63, 3.8) is 0 Å². The first-order chi connectivity index (χ1) is 13.9. The van der Waals surface area contributed by atoms with E-state index in [9.17, 15) is 0 Å². The van der Waals surface area contributed by atoms with Gasteiger partial charge in [0.2, 0.25) is 0 Å². The van der Waals surface area contributed by atoms with Crippen LogP contribution in [0, 0.1) is 0 Å². The van der Waals surface area contributed by atoms with Gasteiger partial charge < -0.3 is 0 Å². The number of benzene rings is 4. The summed E-state index contributed by atoms with van der Waals surface area (Å²) in [6.07, 6.45) is 1.04. The van der Waals surface area contributed by atoms with E-state index in [1.54, 1.807) is 0 Å². The van der Waals surface area contributed by atoms with Gasteiger partial charge in [-0.3, -0.25) is 0 Å². The van der Waals surface area contributed by atoms with Gasteiger partial charge in [-0.1, -0.05) is 128 Å². The van der Waals surface area contributed by atoms with Crippen molar-refractivity contribution in [3.8, 4) is 0 Å². The fraction of sp³-hybridized carbons (Fsp3) is 0.143. The van der Waals surface area contributed by atoms with E-state index in [0.717, 1.165) is 6.42 Å². The number of rotatable bonds is 6. The van der Waals surface area contributed by atoms with Crippen molar-refractivity contribution < 1.29 is 0 Å². The first kappa shape index (κ1) is 22.1. The van der Waals surface area contributed by atoms with Gasteiger partial charge in [-0.15, -0.1) is 0 Å². The molecule has 0 spiro atoms. The molecule has 0 aromatic heterocycles. The summed E-state index contributed by atoms with van der Waals surface area (Å²) in [5, 5.41) is 0. The van der Waals surface area contributed by atoms with Crippen LogP contribution in [0.15, 0.2) is 121 Å². The molecule has 0 aliphatic carbocycles. The molecule has 0 radical (unpaired) electrons. The molecule has 4 rings (SSSR count). The molecule has 1 unspecified atom stereocenters. The van der Waals surface area contributed by atoms with E-state index in [2.05, 4.69) is 128 Å². The topological polar surface area (TPSA) is 0 Å². The average molecular weight is 452 g/mol. The average Bonchev–Trinajstić information content (AvgIpc) is 2.80. The summed E-state index contributed by atoms with van der Waals surface area (Å²) < 4.78 is 0. The zero-order valence-corrected chi connectivity index (χ0v) is 16.3. The molecule has 0 amide bonds. The van der Waals surface area contributed by atoms with Crippen LogP contribution < -0.4 is 0 Å². The van der Waals surface area contributed by atoms with Crippen molar-refractivity contribution in [3.05, 3.63) is 144 Å². The van der Waals surface area contributed by atoms with Gasteiger partial charge in [0.25, 0.3) is 0 Å². The number of hydrogen-bond acceptors (Lipinski definition) is 0. The molecule has 0 N–H and O–H groups in total. The van der Waals surface area contributed by atoms with Crippen LogP contribution >= 0.6 is 0 Å². The zero-order valence-electron chi connectivity index (χ0n) is 16.3. The van der Waals surface area contributed by atoms with Crippen molar-refractivity contribution in [2.75, 3.05) is 0 Å². The van der Waals surface area contributed by atoms with Crippen molar-refractivity contribution in [2.24, 2.45) is 0 Å². The third kappa shape index (κ3) is 4.29. The summed E-state index contributed by atoms with van der Waals surface area (Å²) in [6.45, 7) is 2.31. The molecule has 29 heavy (non-hydrogen) atoms. The first-order valence-electron chi connectivity index (χ1n) is 10.1. The molecule has 0 nitrogen and oxygen atoms in total. The van der Waals surface area contributed by atoms with Crippen LogP contribution in [0.25, 0.3) is 0 Å². The predicted octanol–water partition coefficient (Wildman–Crippen LogP) is 6.30. The second-order valence-corrected chi connectivity index (χ2v) is 7.28. The molecule has 0 saturated heterocycles. The van der Waals surface area contributed by atoms with E-state index in [1.165, 1.54) is 22.3 Å². The predicted molar refractivity (Wildman–Crippen MR) is 127 cm³/mol. The van der Waals surface area contributed by atoms with Crippen molar-refractivity contribution >= 4 is 45.5 Å². The quantitative estimate of drug-likeness (QED) is 0.238. The van der Waals surface area contributed by atoms with Crippen molar-refractivity contribution in [1.29, 1.82) is 0 Å². The molecule has 0 fully saturated rings. The molecule has 0 heterocycles. The second-order valence-electron chi connectivity index (χ2n) is 7.28. The second kappa shape index (κ2) is 10.4. The van der Waals surface area contributed by atoms with E-state index < -0.39 is 0 Å². The normalized spacial score (nSPS) is 12.0. The Morgan fingerprint density at radius 1 is 0.517 bits per heavy atom. The minimum atomic E-state index is -0.250. The van der Waals surface area contributed by atoms with Crippen LogP contribution in [0.5, 0.6) is 0 Å². The van der Waals surface area contributed by atoms with E-state index in [1.807, 2.05) is 0 Å². The Balaban J connectivity index is 0.00000240. The van der Waals surface area contributed by atoms with Gasteiger partial charge >= 0.3 is 45.5 Å². The van der Waals surface area contributed by atoms with Gasteiger partial charge in [0, 0.05) is 5.92 Å². The molecule has 1 heteroatoms. The minimum absolute atomic E-state index is 0. The Hall–Kier alpha value is -1.64. The van der Waals surface area contributed by atoms with Gasteiger partial charge in [-0.25, -0.2) is 0 Å². The van der Waals surface area contributed by atoms with Crippen molar-refractivity contribution in [1.82, 2.24) is 0 Å². The first-order valence-corrected chi connectivity index (χ1v) is 10.1.